The number of hydrogen-bond acceptors (Lipinski definition) is 6. The number of urea groups is 1. The summed E-state index contributed by atoms with van der Waals surface area (Å²) in [5.41, 5.74) is 1.20. The van der Waals surface area contributed by atoms with Crippen molar-refractivity contribution >= 4 is 17.4 Å². The minimum atomic E-state index is -0.530. The zero-order valence-electron chi connectivity index (χ0n) is 16.0. The van der Waals surface area contributed by atoms with Crippen LogP contribution in [-0.2, 0) is 6.42 Å². The molecule has 2 aromatic rings. The largest absolute Gasteiger partial charge is 0.494 e. The molecule has 2 amide bonds. The summed E-state index contributed by atoms with van der Waals surface area (Å²) < 4.78 is 15.9. The van der Waals surface area contributed by atoms with E-state index in [2.05, 4.69) is 10.6 Å². The summed E-state index contributed by atoms with van der Waals surface area (Å²) in [6.45, 7) is 2.83. The molecule has 2 rings (SSSR count). The van der Waals surface area contributed by atoms with Crippen molar-refractivity contribution in [2.45, 2.75) is 13.3 Å². The summed E-state index contributed by atoms with van der Waals surface area (Å²) in [4.78, 5) is 22.4. The van der Waals surface area contributed by atoms with Crippen molar-refractivity contribution in [2.24, 2.45) is 0 Å². The Labute approximate surface area is 162 Å². The number of nitro benzene ring substituents is 1. The van der Waals surface area contributed by atoms with Gasteiger partial charge in [0.1, 0.15) is 5.75 Å². The first-order chi connectivity index (χ1) is 13.5. The summed E-state index contributed by atoms with van der Waals surface area (Å²) in [7, 11) is 2.95. The first-order valence-corrected chi connectivity index (χ1v) is 8.65. The van der Waals surface area contributed by atoms with E-state index < -0.39 is 11.0 Å². The number of anilines is 1. The van der Waals surface area contributed by atoms with Gasteiger partial charge in [0.05, 0.1) is 37.5 Å². The highest BCUT2D eigenvalue weighted by atomic mass is 16.6. The monoisotopic (exact) mass is 389 g/mol. The zero-order chi connectivity index (χ0) is 20.5. The molecule has 28 heavy (non-hydrogen) atoms. The Morgan fingerprint density at radius 2 is 1.82 bits per heavy atom. The number of nitro groups is 1. The Morgan fingerprint density at radius 1 is 1.07 bits per heavy atom. The summed E-state index contributed by atoms with van der Waals surface area (Å²) in [5.74, 6) is 1.52. The van der Waals surface area contributed by atoms with E-state index in [9.17, 15) is 14.9 Å². The highest BCUT2D eigenvalue weighted by Crippen LogP contribution is 2.29. The third kappa shape index (κ3) is 5.50. The smallest absolute Gasteiger partial charge is 0.319 e. The van der Waals surface area contributed by atoms with Crippen molar-refractivity contribution in [3.05, 3.63) is 52.1 Å². The fraction of sp³-hybridized carbons (Fsp3) is 0.316. The lowest BCUT2D eigenvalue weighted by Gasteiger charge is -2.12. The molecule has 9 nitrogen and oxygen atoms in total. The van der Waals surface area contributed by atoms with Crippen LogP contribution in [0.15, 0.2) is 36.4 Å². The van der Waals surface area contributed by atoms with Crippen LogP contribution in [0.2, 0.25) is 0 Å². The van der Waals surface area contributed by atoms with Gasteiger partial charge in [0, 0.05) is 12.6 Å². The molecule has 0 aromatic heterocycles. The van der Waals surface area contributed by atoms with Crippen LogP contribution in [0.25, 0.3) is 0 Å². The van der Waals surface area contributed by atoms with Gasteiger partial charge in [-0.15, -0.1) is 0 Å². The van der Waals surface area contributed by atoms with Crippen molar-refractivity contribution in [3.63, 3.8) is 0 Å². The van der Waals surface area contributed by atoms with Crippen LogP contribution in [0, 0.1) is 10.1 Å². The molecule has 0 saturated heterocycles. The van der Waals surface area contributed by atoms with E-state index in [0.717, 1.165) is 5.56 Å². The van der Waals surface area contributed by atoms with E-state index in [-0.39, 0.29) is 11.4 Å². The maximum atomic E-state index is 12.1. The first kappa shape index (κ1) is 20.8. The second-order valence-electron chi connectivity index (χ2n) is 5.69. The Bertz CT molecular complexity index is 840. The molecule has 0 saturated carbocycles. The number of nitrogens with one attached hydrogen (secondary N) is 2. The zero-order valence-corrected chi connectivity index (χ0v) is 16.0. The lowest BCUT2D eigenvalue weighted by Crippen LogP contribution is -2.30. The van der Waals surface area contributed by atoms with Crippen molar-refractivity contribution in [1.29, 1.82) is 0 Å². The van der Waals surface area contributed by atoms with Gasteiger partial charge in [-0.3, -0.25) is 10.1 Å². The van der Waals surface area contributed by atoms with Crippen LogP contribution < -0.4 is 24.8 Å². The average Bonchev–Trinajstić information content (AvgIpc) is 2.69. The number of rotatable bonds is 9. The summed E-state index contributed by atoms with van der Waals surface area (Å²) in [5, 5.41) is 16.2. The number of carbonyl (C=O) groups is 1. The highest BCUT2D eigenvalue weighted by molar-refractivity contribution is 5.91. The molecule has 0 aliphatic rings. The second kappa shape index (κ2) is 10.0. The fourth-order valence-electron chi connectivity index (χ4n) is 2.53. The van der Waals surface area contributed by atoms with Crippen molar-refractivity contribution in [2.75, 3.05) is 32.7 Å². The van der Waals surface area contributed by atoms with Gasteiger partial charge >= 0.3 is 6.03 Å². The molecule has 0 radical (unpaired) electrons. The standard InChI is InChI=1S/C19H23N3O6/c1-4-28-16-8-5-13(11-18(16)27-3)9-10-20-19(23)21-15-7-6-14(22(24)25)12-17(15)26-2/h5-8,11-12H,4,9-10H2,1-3H3,(H2,20,21,23). The Kier molecular flexibility index (Phi) is 7.44. The number of nitrogens with zero attached hydrogens (tertiary/aromatic N) is 1. The van der Waals surface area contributed by atoms with Gasteiger partial charge in [-0.2, -0.15) is 0 Å². The molecular formula is C19H23N3O6. The normalized spacial score (nSPS) is 10.1. The SMILES string of the molecule is CCOc1ccc(CCNC(=O)Nc2ccc([N+](=O)[O-])cc2OC)cc1OC. The van der Waals surface area contributed by atoms with Crippen LogP contribution in [0.5, 0.6) is 17.2 Å². The van der Waals surface area contributed by atoms with E-state index in [1.165, 1.54) is 25.3 Å². The molecule has 0 aliphatic carbocycles. The molecular weight excluding hydrogens is 366 g/mol. The molecule has 0 heterocycles. The highest BCUT2D eigenvalue weighted by Gasteiger charge is 2.13. The number of methoxy groups -OCH3 is 2. The quantitative estimate of drug-likeness (QED) is 0.502. The molecule has 0 aliphatic heterocycles. The topological polar surface area (TPSA) is 112 Å². The van der Waals surface area contributed by atoms with E-state index in [1.54, 1.807) is 7.11 Å². The van der Waals surface area contributed by atoms with Gasteiger partial charge in [0.15, 0.2) is 11.5 Å². The first-order valence-electron chi connectivity index (χ1n) is 8.65. The van der Waals surface area contributed by atoms with Gasteiger partial charge in [-0.05, 0) is 37.1 Å². The average molecular weight is 389 g/mol. The van der Waals surface area contributed by atoms with Crippen molar-refractivity contribution in [1.82, 2.24) is 5.32 Å². The van der Waals surface area contributed by atoms with Gasteiger partial charge in [-0.1, -0.05) is 6.07 Å². The number of carbonyl (C=O) groups excluding carboxylic acids is 1. The van der Waals surface area contributed by atoms with Gasteiger partial charge in [-0.25, -0.2) is 4.79 Å². The third-order valence-electron chi connectivity index (χ3n) is 3.87. The third-order valence-corrected chi connectivity index (χ3v) is 3.87. The number of hydrogen-bond donors (Lipinski definition) is 2. The Hall–Kier alpha value is -3.49. The molecule has 0 spiro atoms. The van der Waals surface area contributed by atoms with Gasteiger partial charge < -0.3 is 24.8 Å². The van der Waals surface area contributed by atoms with E-state index in [0.29, 0.717) is 36.8 Å². The van der Waals surface area contributed by atoms with Crippen LogP contribution in [0.3, 0.4) is 0 Å². The maximum Gasteiger partial charge on any atom is 0.319 e. The number of non-ortho nitro benzene ring substituents is 1. The second-order valence-corrected chi connectivity index (χ2v) is 5.69. The van der Waals surface area contributed by atoms with Crippen LogP contribution >= 0.6 is 0 Å². The lowest BCUT2D eigenvalue weighted by molar-refractivity contribution is -0.384. The van der Waals surface area contributed by atoms with Crippen LogP contribution in [-0.4, -0.2) is 38.3 Å². The summed E-state index contributed by atoms with van der Waals surface area (Å²) >= 11 is 0. The van der Waals surface area contributed by atoms with Gasteiger partial charge in [0.25, 0.3) is 5.69 Å². The van der Waals surface area contributed by atoms with Crippen LogP contribution in [0.4, 0.5) is 16.2 Å². The van der Waals surface area contributed by atoms with Gasteiger partial charge in [0.2, 0.25) is 0 Å². The molecule has 0 fully saturated rings. The van der Waals surface area contributed by atoms with E-state index in [1.807, 2.05) is 25.1 Å². The molecule has 2 N–H and O–H groups in total. The summed E-state index contributed by atoms with van der Waals surface area (Å²) in [6.07, 6.45) is 0.591. The Balaban J connectivity index is 1.92. The molecule has 9 heteroatoms. The predicted octanol–water partition coefficient (Wildman–Crippen LogP) is 3.37. The van der Waals surface area contributed by atoms with Crippen molar-refractivity contribution < 1.29 is 23.9 Å². The minimum absolute atomic E-state index is 0.118. The predicted molar refractivity (Wildman–Crippen MR) is 105 cm³/mol. The molecule has 2 aromatic carbocycles. The van der Waals surface area contributed by atoms with E-state index in [4.69, 9.17) is 14.2 Å². The number of benzene rings is 2. The molecule has 0 bridgehead atoms. The molecule has 0 atom stereocenters. The Morgan fingerprint density at radius 3 is 2.46 bits per heavy atom. The fourth-order valence-corrected chi connectivity index (χ4v) is 2.53. The molecule has 150 valence electrons. The maximum absolute atomic E-state index is 12.1. The minimum Gasteiger partial charge on any atom is -0.494 e. The van der Waals surface area contributed by atoms with E-state index >= 15 is 0 Å². The summed E-state index contributed by atoms with van der Waals surface area (Å²) in [6, 6.07) is 9.14. The number of ether oxygens (including phenoxy) is 3. The lowest BCUT2D eigenvalue weighted by atomic mass is 10.1. The van der Waals surface area contributed by atoms with Crippen molar-refractivity contribution in [3.8, 4) is 17.2 Å². The molecule has 0 unspecified atom stereocenters. The number of amides is 2. The van der Waals surface area contributed by atoms with Crippen LogP contribution in [0.1, 0.15) is 12.5 Å².